The lowest BCUT2D eigenvalue weighted by Gasteiger charge is -2.07. The first-order valence-electron chi connectivity index (χ1n) is 5.31. The van der Waals surface area contributed by atoms with E-state index in [9.17, 15) is 22.7 Å². The van der Waals surface area contributed by atoms with Crippen molar-refractivity contribution in [1.29, 1.82) is 0 Å². The van der Waals surface area contributed by atoms with E-state index in [0.29, 0.717) is 16.9 Å². The normalized spacial score (nSPS) is 13.5. The molecule has 0 aliphatic heterocycles. The van der Waals surface area contributed by atoms with Crippen LogP contribution in [0.15, 0.2) is 30.5 Å². The van der Waals surface area contributed by atoms with Crippen molar-refractivity contribution in [3.05, 3.63) is 51.7 Å². The Bertz CT molecular complexity index is 550. The highest BCUT2D eigenvalue weighted by Gasteiger charge is 2.35. The molecule has 1 aromatic carbocycles. The van der Waals surface area contributed by atoms with Crippen LogP contribution in [0.1, 0.15) is 21.6 Å². The molecule has 7 heteroatoms. The van der Waals surface area contributed by atoms with E-state index in [2.05, 4.69) is 4.98 Å². The molecule has 2 nitrogen and oxygen atoms in total. The van der Waals surface area contributed by atoms with Gasteiger partial charge in [0.15, 0.2) is 5.01 Å². The molecule has 1 unspecified atom stereocenters. The van der Waals surface area contributed by atoms with Gasteiger partial charge in [-0.05, 0) is 17.7 Å². The zero-order valence-corrected chi connectivity index (χ0v) is 10.3. The molecular formula is C12H9F4NOS. The second kappa shape index (κ2) is 5.26. The first-order valence-corrected chi connectivity index (χ1v) is 6.13. The van der Waals surface area contributed by atoms with Crippen LogP contribution < -0.4 is 0 Å². The fraction of sp³-hybridized carbons (Fsp3) is 0.250. The predicted octanol–water partition coefficient (Wildman–Crippen LogP) is 3.58. The lowest BCUT2D eigenvalue weighted by molar-refractivity contribution is -0.137. The number of rotatable bonds is 3. The number of alkyl halides is 3. The lowest BCUT2D eigenvalue weighted by atomic mass is 10.1. The van der Waals surface area contributed by atoms with Crippen molar-refractivity contribution in [2.45, 2.75) is 18.7 Å². The van der Waals surface area contributed by atoms with Crippen molar-refractivity contribution in [2.75, 3.05) is 0 Å². The Balaban J connectivity index is 2.09. The molecule has 2 aromatic rings. The van der Waals surface area contributed by atoms with Crippen LogP contribution in [0.25, 0.3) is 0 Å². The van der Waals surface area contributed by atoms with Crippen LogP contribution >= 0.6 is 11.3 Å². The van der Waals surface area contributed by atoms with Gasteiger partial charge in [-0.3, -0.25) is 0 Å². The Kier molecular flexibility index (Phi) is 3.86. The van der Waals surface area contributed by atoms with Gasteiger partial charge in [-0.15, -0.1) is 11.3 Å². The minimum atomic E-state index is -4.50. The number of halogens is 4. The second-order valence-corrected chi connectivity index (χ2v) is 4.97. The van der Waals surface area contributed by atoms with Gasteiger partial charge in [0, 0.05) is 12.6 Å². The molecule has 1 N–H and O–H groups in total. The van der Waals surface area contributed by atoms with Gasteiger partial charge < -0.3 is 5.11 Å². The molecule has 0 bridgehead atoms. The number of hydrogen-bond donors (Lipinski definition) is 1. The van der Waals surface area contributed by atoms with E-state index in [1.165, 1.54) is 24.3 Å². The molecule has 0 saturated heterocycles. The van der Waals surface area contributed by atoms with Crippen molar-refractivity contribution in [2.24, 2.45) is 0 Å². The smallest absolute Gasteiger partial charge is 0.387 e. The van der Waals surface area contributed by atoms with Gasteiger partial charge in [0.25, 0.3) is 0 Å². The molecule has 0 spiro atoms. The van der Waals surface area contributed by atoms with Crippen LogP contribution in [0.3, 0.4) is 0 Å². The maximum atomic E-state index is 12.7. The van der Waals surface area contributed by atoms with Crippen molar-refractivity contribution >= 4 is 11.3 Å². The summed E-state index contributed by atoms with van der Waals surface area (Å²) in [7, 11) is 0. The molecule has 0 fully saturated rings. The van der Waals surface area contributed by atoms with Crippen molar-refractivity contribution in [3.8, 4) is 0 Å². The van der Waals surface area contributed by atoms with Crippen molar-refractivity contribution in [1.82, 2.24) is 4.98 Å². The van der Waals surface area contributed by atoms with Crippen LogP contribution in [0.4, 0.5) is 17.6 Å². The summed E-state index contributed by atoms with van der Waals surface area (Å²) in [4.78, 5) is 3.37. The van der Waals surface area contributed by atoms with E-state index in [0.717, 1.165) is 6.20 Å². The molecule has 2 rings (SSSR count). The fourth-order valence-corrected chi connectivity index (χ4v) is 2.29. The average Bonchev–Trinajstić information content (AvgIpc) is 2.81. The third kappa shape index (κ3) is 3.51. The minimum absolute atomic E-state index is 0.111. The molecule has 0 aliphatic rings. The standard InChI is InChI=1S/C12H9F4NOS/c13-8-3-1-7(2-4-8)5-9(18)10-6-17-11(19-10)12(14,15)16/h1-4,6,9,18H,5H2. The summed E-state index contributed by atoms with van der Waals surface area (Å²) < 4.78 is 49.8. The molecule has 0 radical (unpaired) electrons. The Morgan fingerprint density at radius 3 is 2.37 bits per heavy atom. The molecule has 102 valence electrons. The number of thiazole rings is 1. The summed E-state index contributed by atoms with van der Waals surface area (Å²) in [5.74, 6) is -0.407. The van der Waals surface area contributed by atoms with E-state index in [-0.39, 0.29) is 11.3 Å². The molecule has 0 aliphatic carbocycles. The largest absolute Gasteiger partial charge is 0.443 e. The number of aliphatic hydroxyl groups excluding tert-OH is 1. The fourth-order valence-electron chi connectivity index (χ4n) is 1.52. The van der Waals surface area contributed by atoms with Crippen LogP contribution in [0.5, 0.6) is 0 Å². The number of aliphatic hydroxyl groups is 1. The maximum absolute atomic E-state index is 12.7. The molecule has 19 heavy (non-hydrogen) atoms. The molecule has 1 atom stereocenters. The van der Waals surface area contributed by atoms with Gasteiger partial charge in [-0.25, -0.2) is 9.37 Å². The highest BCUT2D eigenvalue weighted by molar-refractivity contribution is 7.11. The molecule has 0 saturated carbocycles. The highest BCUT2D eigenvalue weighted by atomic mass is 32.1. The Labute approximate surface area is 110 Å². The van der Waals surface area contributed by atoms with E-state index in [4.69, 9.17) is 0 Å². The van der Waals surface area contributed by atoms with Gasteiger partial charge in [0.2, 0.25) is 0 Å². The SMILES string of the molecule is OC(Cc1ccc(F)cc1)c1cnc(C(F)(F)F)s1. The van der Waals surface area contributed by atoms with Crippen molar-refractivity contribution < 1.29 is 22.7 Å². The van der Waals surface area contributed by atoms with E-state index in [1.54, 1.807) is 0 Å². The summed E-state index contributed by atoms with van der Waals surface area (Å²) in [5.41, 5.74) is 0.635. The summed E-state index contributed by atoms with van der Waals surface area (Å²) >= 11 is 0.410. The summed E-state index contributed by atoms with van der Waals surface area (Å²) in [6, 6.07) is 5.42. The monoisotopic (exact) mass is 291 g/mol. The first kappa shape index (κ1) is 14.0. The summed E-state index contributed by atoms with van der Waals surface area (Å²) in [6.07, 6.45) is -4.46. The van der Waals surface area contributed by atoms with Gasteiger partial charge >= 0.3 is 6.18 Å². The maximum Gasteiger partial charge on any atom is 0.443 e. The number of hydrogen-bond acceptors (Lipinski definition) is 3. The molecule has 1 aromatic heterocycles. The minimum Gasteiger partial charge on any atom is -0.387 e. The van der Waals surface area contributed by atoms with Gasteiger partial charge in [-0.2, -0.15) is 13.2 Å². The molecular weight excluding hydrogens is 282 g/mol. The summed E-state index contributed by atoms with van der Waals surface area (Å²) in [5, 5.41) is 8.85. The van der Waals surface area contributed by atoms with Crippen LogP contribution in [0, 0.1) is 5.82 Å². The van der Waals surface area contributed by atoms with Crippen molar-refractivity contribution in [3.63, 3.8) is 0 Å². The third-order valence-corrected chi connectivity index (χ3v) is 3.58. The molecule has 0 amide bonds. The number of benzene rings is 1. The quantitative estimate of drug-likeness (QED) is 0.877. The lowest BCUT2D eigenvalue weighted by Crippen LogP contribution is -2.03. The Morgan fingerprint density at radius 1 is 1.21 bits per heavy atom. The Morgan fingerprint density at radius 2 is 1.84 bits per heavy atom. The summed E-state index contributed by atoms with van der Waals surface area (Å²) in [6.45, 7) is 0. The zero-order chi connectivity index (χ0) is 14.0. The van der Waals surface area contributed by atoms with Gasteiger partial charge in [0.05, 0.1) is 11.0 Å². The number of aromatic nitrogens is 1. The topological polar surface area (TPSA) is 33.1 Å². The average molecular weight is 291 g/mol. The van der Waals surface area contributed by atoms with E-state index in [1.807, 2.05) is 0 Å². The third-order valence-electron chi connectivity index (χ3n) is 2.44. The van der Waals surface area contributed by atoms with Crippen LogP contribution in [-0.2, 0) is 12.6 Å². The number of nitrogens with zero attached hydrogens (tertiary/aromatic N) is 1. The Hall–Kier alpha value is -1.47. The predicted molar refractivity (Wildman–Crippen MR) is 62.2 cm³/mol. The van der Waals surface area contributed by atoms with Gasteiger partial charge in [-0.1, -0.05) is 12.1 Å². The van der Waals surface area contributed by atoms with Gasteiger partial charge in [0.1, 0.15) is 5.82 Å². The second-order valence-electron chi connectivity index (χ2n) is 3.91. The highest BCUT2D eigenvalue weighted by Crippen LogP contribution is 2.34. The van der Waals surface area contributed by atoms with E-state index < -0.39 is 23.1 Å². The zero-order valence-electron chi connectivity index (χ0n) is 9.49. The van der Waals surface area contributed by atoms with E-state index >= 15 is 0 Å². The van der Waals surface area contributed by atoms with Crippen LogP contribution in [-0.4, -0.2) is 10.1 Å². The molecule has 1 heterocycles. The first-order chi connectivity index (χ1) is 8.86. The van der Waals surface area contributed by atoms with Crippen LogP contribution in [0.2, 0.25) is 0 Å².